The summed E-state index contributed by atoms with van der Waals surface area (Å²) in [5, 5.41) is 14.8. The molecule has 1 fully saturated rings. The van der Waals surface area contributed by atoms with E-state index in [0.29, 0.717) is 19.6 Å². The van der Waals surface area contributed by atoms with E-state index in [1.54, 1.807) is 4.90 Å². The second kappa shape index (κ2) is 12.4. The molecule has 40 heavy (non-hydrogen) atoms. The van der Waals surface area contributed by atoms with Gasteiger partial charge in [-0.2, -0.15) is 0 Å². The monoisotopic (exact) mass is 551 g/mol. The SMILES string of the molecule is CC(C)(C)OC(=O)N1CC[C@@H](CNC(=O)CC[C@H](NC(=O)OCC2c3ccccc3-c3ccccc32)C(=O)O)C1. The number of carbonyl (C=O) groups is 4. The van der Waals surface area contributed by atoms with E-state index in [-0.39, 0.29) is 43.3 Å². The van der Waals surface area contributed by atoms with Crippen LogP contribution in [0.5, 0.6) is 0 Å². The number of carbonyl (C=O) groups excluding carboxylic acids is 3. The van der Waals surface area contributed by atoms with Gasteiger partial charge in [-0.3, -0.25) is 4.79 Å². The standard InChI is InChI=1S/C30H37N3O7/c1-30(2,3)40-29(38)33-15-14-19(17-33)16-31-26(34)13-12-25(27(35)36)32-28(37)39-18-24-22-10-6-4-8-20(22)21-9-5-7-11-23(21)24/h4-11,19,24-25H,12-18H2,1-3H3,(H,31,34)(H,32,37)(H,35,36)/t19-,25-/m0/s1. The average molecular weight is 552 g/mol. The van der Waals surface area contributed by atoms with Gasteiger partial charge in [-0.05, 0) is 61.8 Å². The predicted octanol–water partition coefficient (Wildman–Crippen LogP) is 4.13. The fourth-order valence-corrected chi connectivity index (χ4v) is 5.15. The molecule has 2 atom stereocenters. The lowest BCUT2D eigenvalue weighted by Gasteiger charge is -2.24. The average Bonchev–Trinajstić information content (AvgIpc) is 3.51. The van der Waals surface area contributed by atoms with Gasteiger partial charge in [0.15, 0.2) is 0 Å². The van der Waals surface area contributed by atoms with Crippen molar-refractivity contribution in [2.75, 3.05) is 26.2 Å². The maximum atomic E-state index is 12.5. The summed E-state index contributed by atoms with van der Waals surface area (Å²) in [6.07, 6.45) is -0.642. The lowest BCUT2D eigenvalue weighted by molar-refractivity contribution is -0.139. The predicted molar refractivity (Wildman–Crippen MR) is 148 cm³/mol. The lowest BCUT2D eigenvalue weighted by atomic mass is 9.98. The van der Waals surface area contributed by atoms with E-state index in [2.05, 4.69) is 10.6 Å². The van der Waals surface area contributed by atoms with Crippen molar-refractivity contribution in [2.24, 2.45) is 5.92 Å². The molecule has 1 aliphatic heterocycles. The van der Waals surface area contributed by atoms with Gasteiger partial charge in [0.05, 0.1) is 0 Å². The van der Waals surface area contributed by atoms with Crippen LogP contribution in [0.15, 0.2) is 48.5 Å². The number of nitrogens with zero attached hydrogens (tertiary/aromatic N) is 1. The van der Waals surface area contributed by atoms with Crippen LogP contribution >= 0.6 is 0 Å². The molecule has 10 nitrogen and oxygen atoms in total. The normalized spacial score (nSPS) is 17.0. The zero-order valence-corrected chi connectivity index (χ0v) is 23.1. The molecule has 0 aromatic heterocycles. The number of carboxylic acid groups (broad SMARTS) is 1. The van der Waals surface area contributed by atoms with Crippen LogP contribution in [0.1, 0.15) is 57.1 Å². The summed E-state index contributed by atoms with van der Waals surface area (Å²) >= 11 is 0. The van der Waals surface area contributed by atoms with E-state index in [9.17, 15) is 24.3 Å². The van der Waals surface area contributed by atoms with Gasteiger partial charge in [-0.1, -0.05) is 48.5 Å². The second-order valence-electron chi connectivity index (χ2n) is 11.3. The maximum absolute atomic E-state index is 12.5. The molecule has 10 heteroatoms. The number of carboxylic acids is 1. The maximum Gasteiger partial charge on any atom is 0.410 e. The van der Waals surface area contributed by atoms with E-state index in [4.69, 9.17) is 9.47 Å². The van der Waals surface area contributed by atoms with Gasteiger partial charge >= 0.3 is 18.2 Å². The quantitative estimate of drug-likeness (QED) is 0.427. The van der Waals surface area contributed by atoms with Crippen molar-refractivity contribution < 1.29 is 33.8 Å². The van der Waals surface area contributed by atoms with Crippen LogP contribution in [-0.2, 0) is 19.1 Å². The van der Waals surface area contributed by atoms with Gasteiger partial charge in [0, 0.05) is 32.0 Å². The van der Waals surface area contributed by atoms with Crippen molar-refractivity contribution in [3.63, 3.8) is 0 Å². The summed E-state index contributed by atoms with van der Waals surface area (Å²) in [5.41, 5.74) is 3.73. The van der Waals surface area contributed by atoms with Crippen molar-refractivity contribution in [1.29, 1.82) is 0 Å². The first-order valence-corrected chi connectivity index (χ1v) is 13.6. The van der Waals surface area contributed by atoms with Crippen LogP contribution in [-0.4, -0.2) is 72.0 Å². The Morgan fingerprint density at radius 1 is 1.02 bits per heavy atom. The molecular formula is C30H37N3O7. The Balaban J connectivity index is 1.21. The minimum Gasteiger partial charge on any atom is -0.480 e. The van der Waals surface area contributed by atoms with Gasteiger partial charge in [-0.25, -0.2) is 14.4 Å². The van der Waals surface area contributed by atoms with Crippen molar-refractivity contribution in [1.82, 2.24) is 15.5 Å². The fourth-order valence-electron chi connectivity index (χ4n) is 5.15. The topological polar surface area (TPSA) is 134 Å². The Bertz CT molecular complexity index is 1210. The molecule has 3 amide bonds. The summed E-state index contributed by atoms with van der Waals surface area (Å²) in [6.45, 7) is 6.91. The van der Waals surface area contributed by atoms with E-state index in [0.717, 1.165) is 28.7 Å². The number of rotatable bonds is 9. The Hall–Kier alpha value is -4.08. The van der Waals surface area contributed by atoms with Crippen molar-refractivity contribution in [3.8, 4) is 11.1 Å². The minimum atomic E-state index is -1.27. The highest BCUT2D eigenvalue weighted by Gasteiger charge is 2.31. The molecule has 2 aromatic carbocycles. The van der Waals surface area contributed by atoms with E-state index < -0.39 is 23.7 Å². The van der Waals surface area contributed by atoms with Crippen molar-refractivity contribution in [3.05, 3.63) is 59.7 Å². The third-order valence-corrected chi connectivity index (χ3v) is 7.12. The van der Waals surface area contributed by atoms with Crippen LogP contribution < -0.4 is 10.6 Å². The number of benzene rings is 2. The summed E-state index contributed by atoms with van der Waals surface area (Å²) in [7, 11) is 0. The zero-order chi connectivity index (χ0) is 28.9. The van der Waals surface area contributed by atoms with Gasteiger partial charge < -0.3 is 30.1 Å². The van der Waals surface area contributed by atoms with Crippen LogP contribution in [0.3, 0.4) is 0 Å². The number of alkyl carbamates (subject to hydrolysis) is 1. The molecule has 1 saturated heterocycles. The molecule has 214 valence electrons. The third kappa shape index (κ3) is 7.31. The number of ether oxygens (including phenoxy) is 2. The largest absolute Gasteiger partial charge is 0.480 e. The number of fused-ring (bicyclic) bond motifs is 3. The van der Waals surface area contributed by atoms with Crippen LogP contribution in [0.2, 0.25) is 0 Å². The molecule has 4 rings (SSSR count). The van der Waals surface area contributed by atoms with Gasteiger partial charge in [0.1, 0.15) is 18.2 Å². The van der Waals surface area contributed by atoms with E-state index >= 15 is 0 Å². The van der Waals surface area contributed by atoms with Crippen LogP contribution in [0.25, 0.3) is 11.1 Å². The fraction of sp³-hybridized carbons (Fsp3) is 0.467. The van der Waals surface area contributed by atoms with Crippen molar-refractivity contribution >= 4 is 24.1 Å². The molecule has 0 saturated carbocycles. The molecule has 1 heterocycles. The summed E-state index contributed by atoms with van der Waals surface area (Å²) in [5.74, 6) is -1.62. The second-order valence-corrected chi connectivity index (χ2v) is 11.3. The van der Waals surface area contributed by atoms with Gasteiger partial charge in [0.25, 0.3) is 0 Å². The number of hydrogen-bond donors (Lipinski definition) is 3. The third-order valence-electron chi connectivity index (χ3n) is 7.12. The smallest absolute Gasteiger partial charge is 0.410 e. The van der Waals surface area contributed by atoms with Crippen LogP contribution in [0, 0.1) is 5.92 Å². The lowest BCUT2D eigenvalue weighted by Crippen LogP contribution is -2.42. The molecule has 2 aromatic rings. The summed E-state index contributed by atoms with van der Waals surface area (Å²) in [6, 6.07) is 14.6. The molecule has 0 unspecified atom stereocenters. The molecule has 2 aliphatic rings. The van der Waals surface area contributed by atoms with E-state index in [1.165, 1.54) is 0 Å². The Morgan fingerprint density at radius 3 is 2.25 bits per heavy atom. The Kier molecular flexibility index (Phi) is 8.96. The first-order chi connectivity index (χ1) is 19.0. The zero-order valence-electron chi connectivity index (χ0n) is 23.1. The number of amides is 3. The molecular weight excluding hydrogens is 514 g/mol. The Labute approximate surface area is 234 Å². The highest BCUT2D eigenvalue weighted by molar-refractivity contribution is 5.82. The first-order valence-electron chi connectivity index (χ1n) is 13.6. The van der Waals surface area contributed by atoms with Gasteiger partial charge in [-0.15, -0.1) is 0 Å². The number of nitrogens with one attached hydrogen (secondary N) is 2. The number of likely N-dealkylation sites (tertiary alicyclic amines) is 1. The van der Waals surface area contributed by atoms with E-state index in [1.807, 2.05) is 69.3 Å². The Morgan fingerprint density at radius 2 is 1.65 bits per heavy atom. The molecule has 0 bridgehead atoms. The summed E-state index contributed by atoms with van der Waals surface area (Å²) in [4.78, 5) is 50.5. The van der Waals surface area contributed by atoms with Gasteiger partial charge in [0.2, 0.25) is 5.91 Å². The molecule has 1 aliphatic carbocycles. The molecule has 3 N–H and O–H groups in total. The number of aliphatic carboxylic acids is 1. The number of hydrogen-bond acceptors (Lipinski definition) is 6. The molecule has 0 spiro atoms. The minimum absolute atomic E-state index is 0.0639. The highest BCUT2D eigenvalue weighted by Crippen LogP contribution is 2.44. The first kappa shape index (κ1) is 28.9. The van der Waals surface area contributed by atoms with Crippen molar-refractivity contribution in [2.45, 2.75) is 57.6 Å². The van der Waals surface area contributed by atoms with Crippen LogP contribution in [0.4, 0.5) is 9.59 Å². The highest BCUT2D eigenvalue weighted by atomic mass is 16.6. The summed E-state index contributed by atoms with van der Waals surface area (Å²) < 4.78 is 10.8. The molecule has 0 radical (unpaired) electrons.